The summed E-state index contributed by atoms with van der Waals surface area (Å²) in [4.78, 5) is 61.6. The van der Waals surface area contributed by atoms with Crippen LogP contribution in [0.4, 0.5) is 4.79 Å². The maximum atomic E-state index is 13.1. The van der Waals surface area contributed by atoms with Crippen LogP contribution >= 0.6 is 0 Å². The molecule has 1 rings (SSSR count). The minimum absolute atomic E-state index is 0.00504. The van der Waals surface area contributed by atoms with Crippen LogP contribution in [0.5, 0.6) is 0 Å². The van der Waals surface area contributed by atoms with Crippen molar-refractivity contribution in [2.75, 3.05) is 20.2 Å². The number of nitrogens with one attached hydrogen (secondary N) is 4. The summed E-state index contributed by atoms with van der Waals surface area (Å²) in [6.45, 7) is 14.1. The smallest absolute Gasteiger partial charge is 0.407 e. The quantitative estimate of drug-likeness (QED) is 0.0430. The molecule has 0 aromatic rings. The summed E-state index contributed by atoms with van der Waals surface area (Å²) in [5.41, 5.74) is 0.352. The normalized spacial score (nSPS) is 17.3. The van der Waals surface area contributed by atoms with Crippen molar-refractivity contribution in [1.29, 1.82) is 0 Å². The second-order valence-corrected chi connectivity index (χ2v) is 13.1. The van der Waals surface area contributed by atoms with E-state index in [1.807, 2.05) is 72.8 Å². The third kappa shape index (κ3) is 18.2. The van der Waals surface area contributed by atoms with Gasteiger partial charge in [-0.25, -0.2) is 9.59 Å². The molecule has 1 heterocycles. The lowest BCUT2D eigenvalue weighted by molar-refractivity contribution is -0.151. The van der Waals surface area contributed by atoms with Gasteiger partial charge < -0.3 is 35.5 Å². The van der Waals surface area contributed by atoms with Crippen LogP contribution < -0.4 is 21.3 Å². The van der Waals surface area contributed by atoms with Gasteiger partial charge in [-0.05, 0) is 44.4 Å². The van der Waals surface area contributed by atoms with Crippen LogP contribution in [0.3, 0.4) is 0 Å². The summed E-state index contributed by atoms with van der Waals surface area (Å²) in [6.07, 6.45) is 19.2. The fourth-order valence-corrected chi connectivity index (χ4v) is 4.77. The van der Waals surface area contributed by atoms with Gasteiger partial charge in [-0.15, -0.1) is 0 Å². The van der Waals surface area contributed by atoms with Gasteiger partial charge >= 0.3 is 12.1 Å². The molecule has 278 valence electrons. The number of amides is 4. The van der Waals surface area contributed by atoms with Crippen LogP contribution in [-0.4, -0.2) is 68.2 Å². The van der Waals surface area contributed by atoms with E-state index >= 15 is 0 Å². The molecule has 1 aliphatic rings. The van der Waals surface area contributed by atoms with Crippen LogP contribution in [0.25, 0.3) is 0 Å². The fourth-order valence-electron chi connectivity index (χ4n) is 4.77. The van der Waals surface area contributed by atoms with Crippen molar-refractivity contribution in [3.05, 3.63) is 72.2 Å². The van der Waals surface area contributed by atoms with Crippen molar-refractivity contribution < 1.29 is 38.2 Å². The van der Waals surface area contributed by atoms with Crippen molar-refractivity contribution in [2.45, 2.75) is 105 Å². The SMILES string of the molecule is C/C=C\C[C@@H](C/C=C\NC(=O)[C@@H](NC(=O)\C=C/C=C\C(C)=C\[C@H](C)[C@@H]1CC=C(OC)C(=O)O1)C(C)(C)C)OC(=O)NCCCNC(=O)CCC. The zero-order chi connectivity index (χ0) is 37.5. The van der Waals surface area contributed by atoms with Gasteiger partial charge in [0.2, 0.25) is 17.7 Å². The van der Waals surface area contributed by atoms with E-state index < -0.39 is 35.5 Å². The minimum atomic E-state index is -0.825. The molecule has 0 aliphatic carbocycles. The van der Waals surface area contributed by atoms with Gasteiger partial charge in [-0.3, -0.25) is 14.4 Å². The van der Waals surface area contributed by atoms with Gasteiger partial charge in [0.1, 0.15) is 18.2 Å². The van der Waals surface area contributed by atoms with Gasteiger partial charge in [0.25, 0.3) is 0 Å². The molecule has 1 aliphatic heterocycles. The third-order valence-electron chi connectivity index (χ3n) is 7.53. The Hall–Kier alpha value is -4.61. The molecule has 0 radical (unpaired) electrons. The number of esters is 1. The molecular weight excluding hydrogens is 640 g/mol. The molecule has 0 saturated carbocycles. The largest absolute Gasteiger partial charge is 0.490 e. The van der Waals surface area contributed by atoms with Crippen molar-refractivity contribution in [3.63, 3.8) is 0 Å². The standard InChI is InChI=1S/C38H58N4O8/c1-9-11-18-29(49-37(47)41-25-15-24-39-32(43)16-10-2)19-14-23-40-35(45)34(38(5,6)7)42-33(44)20-13-12-17-27(3)26-28(4)30-21-22-31(48-8)36(46)50-30/h9,11-14,17,20,22-23,26,28-30,34H,10,15-16,18-19,21,24-25H2,1-8H3,(H,39,43)(H,40,45)(H,41,47)(H,42,44)/b11-9-,17-12-,20-13-,23-14-,27-26+/t28-,29-,30-,34+/m0/s1. The highest BCUT2D eigenvalue weighted by Gasteiger charge is 2.32. The number of rotatable bonds is 20. The van der Waals surface area contributed by atoms with E-state index in [4.69, 9.17) is 14.2 Å². The molecule has 0 unspecified atom stereocenters. The molecule has 0 aromatic heterocycles. The summed E-state index contributed by atoms with van der Waals surface area (Å²) in [7, 11) is 1.44. The number of methoxy groups -OCH3 is 1. The van der Waals surface area contributed by atoms with Gasteiger partial charge in [-0.1, -0.05) is 82.7 Å². The fraction of sp³-hybridized carbons (Fsp3) is 0.553. The monoisotopic (exact) mass is 698 g/mol. The highest BCUT2D eigenvalue weighted by Crippen LogP contribution is 2.23. The van der Waals surface area contributed by atoms with Crippen molar-refractivity contribution in [2.24, 2.45) is 11.3 Å². The Morgan fingerprint density at radius 2 is 1.74 bits per heavy atom. The Balaban J connectivity index is 2.64. The van der Waals surface area contributed by atoms with Crippen LogP contribution in [0.1, 0.15) is 87.0 Å². The van der Waals surface area contributed by atoms with Crippen molar-refractivity contribution in [1.82, 2.24) is 21.3 Å². The van der Waals surface area contributed by atoms with Gasteiger partial charge in [0.15, 0.2) is 5.76 Å². The molecule has 0 bridgehead atoms. The Labute approximate surface area is 297 Å². The third-order valence-corrected chi connectivity index (χ3v) is 7.53. The van der Waals surface area contributed by atoms with E-state index in [9.17, 15) is 24.0 Å². The first-order valence-electron chi connectivity index (χ1n) is 17.3. The van der Waals surface area contributed by atoms with Gasteiger partial charge in [0, 0.05) is 50.8 Å². The molecule has 0 fully saturated rings. The minimum Gasteiger partial charge on any atom is -0.490 e. The first-order chi connectivity index (χ1) is 23.7. The Bertz CT molecular complexity index is 1310. The number of allylic oxidation sites excluding steroid dienone is 5. The molecule has 4 N–H and O–H groups in total. The second-order valence-electron chi connectivity index (χ2n) is 13.1. The molecule has 0 spiro atoms. The predicted octanol–water partition coefficient (Wildman–Crippen LogP) is 5.45. The molecule has 12 nitrogen and oxygen atoms in total. The average Bonchev–Trinajstić information content (AvgIpc) is 3.05. The molecular formula is C38H58N4O8. The molecule has 4 amide bonds. The highest BCUT2D eigenvalue weighted by atomic mass is 16.6. The summed E-state index contributed by atoms with van der Waals surface area (Å²) in [6, 6.07) is -0.825. The topological polar surface area (TPSA) is 161 Å². The van der Waals surface area contributed by atoms with Gasteiger partial charge in [0.05, 0.1) is 7.11 Å². The summed E-state index contributed by atoms with van der Waals surface area (Å²) < 4.78 is 16.0. The number of carbonyl (C=O) groups is 5. The Morgan fingerprint density at radius 3 is 2.38 bits per heavy atom. The Kier molecular flexibility index (Phi) is 20.6. The highest BCUT2D eigenvalue weighted by molar-refractivity contribution is 5.93. The van der Waals surface area contributed by atoms with E-state index in [-0.39, 0.29) is 29.6 Å². The van der Waals surface area contributed by atoms with Crippen LogP contribution in [-0.2, 0) is 33.4 Å². The maximum absolute atomic E-state index is 13.1. The Morgan fingerprint density at radius 1 is 1.06 bits per heavy atom. The lowest BCUT2D eigenvalue weighted by Gasteiger charge is -2.29. The van der Waals surface area contributed by atoms with Crippen LogP contribution in [0.2, 0.25) is 0 Å². The zero-order valence-electron chi connectivity index (χ0n) is 31.0. The van der Waals surface area contributed by atoms with E-state index in [0.29, 0.717) is 45.2 Å². The second kappa shape index (κ2) is 23.7. The number of carbonyl (C=O) groups excluding carboxylic acids is 5. The van der Waals surface area contributed by atoms with E-state index in [1.54, 1.807) is 24.3 Å². The first kappa shape index (κ1) is 43.4. The molecule has 12 heteroatoms. The van der Waals surface area contributed by atoms with Gasteiger partial charge in [-0.2, -0.15) is 0 Å². The maximum Gasteiger partial charge on any atom is 0.407 e. The molecule has 0 saturated heterocycles. The molecule has 4 atom stereocenters. The van der Waals surface area contributed by atoms with E-state index in [1.165, 1.54) is 19.4 Å². The molecule has 50 heavy (non-hydrogen) atoms. The average molecular weight is 699 g/mol. The zero-order valence-corrected chi connectivity index (χ0v) is 31.0. The number of cyclic esters (lactones) is 1. The van der Waals surface area contributed by atoms with Crippen molar-refractivity contribution >= 4 is 29.8 Å². The number of hydrogen-bond donors (Lipinski definition) is 4. The van der Waals surface area contributed by atoms with Crippen LogP contribution in [0, 0.1) is 11.3 Å². The molecule has 0 aromatic carbocycles. The number of ether oxygens (including phenoxy) is 3. The number of hydrogen-bond acceptors (Lipinski definition) is 8. The van der Waals surface area contributed by atoms with E-state index in [0.717, 1.165) is 12.0 Å². The summed E-state index contributed by atoms with van der Waals surface area (Å²) >= 11 is 0. The van der Waals surface area contributed by atoms with Crippen LogP contribution in [0.15, 0.2) is 72.2 Å². The number of alkyl carbamates (subject to hydrolysis) is 1. The first-order valence-corrected chi connectivity index (χ1v) is 17.3. The van der Waals surface area contributed by atoms with Crippen molar-refractivity contribution in [3.8, 4) is 0 Å². The summed E-state index contributed by atoms with van der Waals surface area (Å²) in [5.74, 6) is -1.09. The predicted molar refractivity (Wildman–Crippen MR) is 194 cm³/mol. The lowest BCUT2D eigenvalue weighted by atomic mass is 9.86. The van der Waals surface area contributed by atoms with E-state index in [2.05, 4.69) is 21.3 Å². The lowest BCUT2D eigenvalue weighted by Crippen LogP contribution is -2.52. The summed E-state index contributed by atoms with van der Waals surface area (Å²) in [5, 5.41) is 11.0.